The Bertz CT molecular complexity index is 208. The summed E-state index contributed by atoms with van der Waals surface area (Å²) in [5, 5.41) is 11.9. The summed E-state index contributed by atoms with van der Waals surface area (Å²) in [6.45, 7) is 1.97. The lowest BCUT2D eigenvalue weighted by atomic mass is 9.85. The van der Waals surface area contributed by atoms with Crippen molar-refractivity contribution in [2.45, 2.75) is 57.3 Å². The molecule has 0 saturated heterocycles. The van der Waals surface area contributed by atoms with Gasteiger partial charge in [0.1, 0.15) is 0 Å². The zero-order valence-electron chi connectivity index (χ0n) is 9.56. The summed E-state index contributed by atoms with van der Waals surface area (Å²) >= 11 is 0. The summed E-state index contributed by atoms with van der Waals surface area (Å²) in [5.41, 5.74) is 0. The van der Waals surface area contributed by atoms with E-state index in [0.717, 1.165) is 6.42 Å². The van der Waals surface area contributed by atoms with Crippen molar-refractivity contribution in [1.29, 1.82) is 0 Å². The number of aliphatic hydroxyl groups excluding tert-OH is 1. The Balaban J connectivity index is 2.39. The van der Waals surface area contributed by atoms with Gasteiger partial charge in [0.15, 0.2) is 0 Å². The zero-order chi connectivity index (χ0) is 12.2. The van der Waals surface area contributed by atoms with E-state index < -0.39 is 12.1 Å². The molecule has 96 valence electrons. The van der Waals surface area contributed by atoms with Crippen molar-refractivity contribution >= 4 is 0 Å². The van der Waals surface area contributed by atoms with Crippen LogP contribution in [0, 0.1) is 5.92 Å². The minimum absolute atomic E-state index is 0.0538. The van der Waals surface area contributed by atoms with Gasteiger partial charge in [0.05, 0.1) is 5.92 Å². The highest BCUT2D eigenvalue weighted by Crippen LogP contribution is 2.37. The van der Waals surface area contributed by atoms with Gasteiger partial charge >= 0.3 is 6.18 Å². The first-order valence-corrected chi connectivity index (χ1v) is 5.87. The third-order valence-electron chi connectivity index (χ3n) is 3.22. The molecular weight excluding hydrogens is 219 g/mol. The number of aliphatic hydroxyl groups is 1. The molecule has 1 rings (SSSR count). The van der Waals surface area contributed by atoms with Gasteiger partial charge in [0.2, 0.25) is 0 Å². The molecule has 0 aliphatic heterocycles. The van der Waals surface area contributed by atoms with Crippen LogP contribution in [0.4, 0.5) is 13.2 Å². The van der Waals surface area contributed by atoms with E-state index in [1.165, 1.54) is 0 Å². The van der Waals surface area contributed by atoms with Gasteiger partial charge in [-0.05, 0) is 32.6 Å². The highest BCUT2D eigenvalue weighted by atomic mass is 19.4. The maximum absolute atomic E-state index is 12.5. The Morgan fingerprint density at radius 2 is 2.06 bits per heavy atom. The molecular formula is C11H20F3NO. The van der Waals surface area contributed by atoms with Crippen LogP contribution in [-0.2, 0) is 0 Å². The number of nitrogens with one attached hydrogen (secondary N) is 1. The monoisotopic (exact) mass is 239 g/mol. The quantitative estimate of drug-likeness (QED) is 0.790. The van der Waals surface area contributed by atoms with Crippen molar-refractivity contribution in [1.82, 2.24) is 5.32 Å². The molecule has 1 aliphatic carbocycles. The SMILES string of the molecule is CC(CCO)NC1CCCC(C(F)(F)F)C1. The van der Waals surface area contributed by atoms with E-state index in [2.05, 4.69) is 5.32 Å². The number of hydrogen-bond acceptors (Lipinski definition) is 2. The van der Waals surface area contributed by atoms with Gasteiger partial charge in [-0.1, -0.05) is 6.42 Å². The Kier molecular flexibility index (Phi) is 5.05. The molecule has 0 aromatic heterocycles. The molecule has 0 aromatic carbocycles. The Morgan fingerprint density at radius 3 is 2.62 bits per heavy atom. The summed E-state index contributed by atoms with van der Waals surface area (Å²) < 4.78 is 37.6. The van der Waals surface area contributed by atoms with Gasteiger partial charge in [0.25, 0.3) is 0 Å². The van der Waals surface area contributed by atoms with E-state index >= 15 is 0 Å². The van der Waals surface area contributed by atoms with E-state index in [1.807, 2.05) is 6.92 Å². The predicted octanol–water partition coefficient (Wildman–Crippen LogP) is 2.47. The second-order valence-electron chi connectivity index (χ2n) is 4.68. The summed E-state index contributed by atoms with van der Waals surface area (Å²) in [6.07, 6.45) is -1.58. The Labute approximate surface area is 94.2 Å². The lowest BCUT2D eigenvalue weighted by Crippen LogP contribution is -2.42. The Morgan fingerprint density at radius 1 is 1.38 bits per heavy atom. The van der Waals surface area contributed by atoms with Gasteiger partial charge in [-0.15, -0.1) is 0 Å². The second-order valence-corrected chi connectivity index (χ2v) is 4.68. The first kappa shape index (κ1) is 13.8. The summed E-state index contributed by atoms with van der Waals surface area (Å²) in [4.78, 5) is 0. The lowest BCUT2D eigenvalue weighted by Gasteiger charge is -2.32. The minimum Gasteiger partial charge on any atom is -0.396 e. The third kappa shape index (κ3) is 4.29. The van der Waals surface area contributed by atoms with Crippen LogP contribution in [-0.4, -0.2) is 30.0 Å². The predicted molar refractivity (Wildman–Crippen MR) is 56.1 cm³/mol. The molecule has 0 spiro atoms. The van der Waals surface area contributed by atoms with E-state index in [-0.39, 0.29) is 31.5 Å². The molecule has 0 bridgehead atoms. The molecule has 5 heteroatoms. The normalized spacial score (nSPS) is 29.1. The summed E-state index contributed by atoms with van der Waals surface area (Å²) in [7, 11) is 0. The van der Waals surface area contributed by atoms with Crippen LogP contribution >= 0.6 is 0 Å². The van der Waals surface area contributed by atoms with E-state index in [1.54, 1.807) is 0 Å². The molecule has 1 aliphatic rings. The molecule has 2 N–H and O–H groups in total. The fourth-order valence-electron chi connectivity index (χ4n) is 2.32. The molecule has 0 heterocycles. The average molecular weight is 239 g/mol. The fourth-order valence-corrected chi connectivity index (χ4v) is 2.32. The maximum atomic E-state index is 12.5. The van der Waals surface area contributed by atoms with Crippen LogP contribution < -0.4 is 5.32 Å². The van der Waals surface area contributed by atoms with Crippen LogP contribution in [0.5, 0.6) is 0 Å². The number of hydrogen-bond donors (Lipinski definition) is 2. The number of alkyl halides is 3. The molecule has 3 unspecified atom stereocenters. The molecule has 2 nitrogen and oxygen atoms in total. The first-order valence-electron chi connectivity index (χ1n) is 5.87. The molecule has 1 saturated carbocycles. The molecule has 0 radical (unpaired) electrons. The summed E-state index contributed by atoms with van der Waals surface area (Å²) in [5.74, 6) is -1.15. The minimum atomic E-state index is -4.05. The van der Waals surface area contributed by atoms with Crippen LogP contribution in [0.25, 0.3) is 0 Å². The van der Waals surface area contributed by atoms with Crippen molar-refractivity contribution in [3.05, 3.63) is 0 Å². The number of halogens is 3. The molecule has 0 amide bonds. The molecule has 1 fully saturated rings. The van der Waals surface area contributed by atoms with Crippen LogP contribution in [0.2, 0.25) is 0 Å². The van der Waals surface area contributed by atoms with E-state index in [9.17, 15) is 13.2 Å². The van der Waals surface area contributed by atoms with Gasteiger partial charge < -0.3 is 10.4 Å². The highest BCUT2D eigenvalue weighted by Gasteiger charge is 2.42. The molecule has 3 atom stereocenters. The topological polar surface area (TPSA) is 32.3 Å². The standard InChI is InChI=1S/C11H20F3NO/c1-8(5-6-16)15-10-4-2-3-9(7-10)11(12,13)14/h8-10,15-16H,2-7H2,1H3. The second kappa shape index (κ2) is 5.87. The van der Waals surface area contributed by atoms with Crippen molar-refractivity contribution in [2.24, 2.45) is 5.92 Å². The lowest BCUT2D eigenvalue weighted by molar-refractivity contribution is -0.183. The van der Waals surface area contributed by atoms with Gasteiger partial charge in [-0.25, -0.2) is 0 Å². The van der Waals surface area contributed by atoms with E-state index in [0.29, 0.717) is 12.8 Å². The largest absolute Gasteiger partial charge is 0.396 e. The fraction of sp³-hybridized carbons (Fsp3) is 1.00. The van der Waals surface area contributed by atoms with Crippen molar-refractivity contribution < 1.29 is 18.3 Å². The zero-order valence-corrected chi connectivity index (χ0v) is 9.56. The smallest absolute Gasteiger partial charge is 0.391 e. The van der Waals surface area contributed by atoms with Gasteiger partial charge in [0, 0.05) is 18.7 Å². The van der Waals surface area contributed by atoms with Gasteiger partial charge in [-0.2, -0.15) is 13.2 Å². The van der Waals surface area contributed by atoms with Crippen LogP contribution in [0.1, 0.15) is 39.0 Å². The molecule has 16 heavy (non-hydrogen) atoms. The third-order valence-corrected chi connectivity index (χ3v) is 3.22. The van der Waals surface area contributed by atoms with E-state index in [4.69, 9.17) is 5.11 Å². The van der Waals surface area contributed by atoms with Crippen molar-refractivity contribution in [3.8, 4) is 0 Å². The maximum Gasteiger partial charge on any atom is 0.391 e. The highest BCUT2D eigenvalue weighted by molar-refractivity contribution is 4.83. The number of rotatable bonds is 4. The van der Waals surface area contributed by atoms with Crippen molar-refractivity contribution in [2.75, 3.05) is 6.61 Å². The molecule has 0 aromatic rings. The van der Waals surface area contributed by atoms with Crippen LogP contribution in [0.15, 0.2) is 0 Å². The van der Waals surface area contributed by atoms with Crippen molar-refractivity contribution in [3.63, 3.8) is 0 Å². The summed E-state index contributed by atoms with van der Waals surface area (Å²) in [6, 6.07) is 0.0314. The van der Waals surface area contributed by atoms with Crippen LogP contribution in [0.3, 0.4) is 0 Å². The first-order chi connectivity index (χ1) is 7.43. The average Bonchev–Trinajstić information content (AvgIpc) is 2.17. The Hall–Kier alpha value is -0.290. The van der Waals surface area contributed by atoms with Gasteiger partial charge in [-0.3, -0.25) is 0 Å².